The van der Waals surface area contributed by atoms with E-state index in [1.54, 1.807) is 19.1 Å². The second-order valence-electron chi connectivity index (χ2n) is 4.64. The fraction of sp³-hybridized carbons (Fsp3) is 0.133. The molecular weight excluding hydrogens is 327 g/mol. The lowest BCUT2D eigenvalue weighted by Gasteiger charge is -2.16. The Morgan fingerprint density at radius 1 is 1.18 bits per heavy atom. The number of carbonyl (C=O) groups excluding carboxylic acids is 1. The second-order valence-corrected chi connectivity index (χ2v) is 5.45. The van der Waals surface area contributed by atoms with Gasteiger partial charge in [-0.2, -0.15) is 0 Å². The molecule has 0 bridgehead atoms. The lowest BCUT2D eigenvalue weighted by atomic mass is 10.1. The first kappa shape index (κ1) is 16.3. The van der Waals surface area contributed by atoms with Crippen molar-refractivity contribution in [2.24, 2.45) is 0 Å². The summed E-state index contributed by atoms with van der Waals surface area (Å²) in [5.41, 5.74) is 0.780. The Labute approximate surface area is 137 Å². The van der Waals surface area contributed by atoms with Crippen molar-refractivity contribution in [1.29, 1.82) is 0 Å². The van der Waals surface area contributed by atoms with Crippen LogP contribution in [0.3, 0.4) is 0 Å². The average Bonchev–Trinajstić information content (AvgIpc) is 2.47. The van der Waals surface area contributed by atoms with Crippen molar-refractivity contribution in [2.45, 2.75) is 13.0 Å². The highest BCUT2D eigenvalue weighted by Crippen LogP contribution is 2.25. The van der Waals surface area contributed by atoms with Crippen LogP contribution in [-0.4, -0.2) is 10.8 Å². The number of nitrogens with zero attached hydrogens (tertiary/aromatic N) is 1. The van der Waals surface area contributed by atoms with E-state index in [2.05, 4.69) is 5.32 Å². The maximum Gasteiger partial charge on any atom is 0.270 e. The number of nitrogens with one attached hydrogen (secondary N) is 1. The molecular formula is C15H12Cl2N2O3. The molecule has 2 rings (SSSR count). The van der Waals surface area contributed by atoms with Crippen LogP contribution in [0.1, 0.15) is 28.9 Å². The van der Waals surface area contributed by atoms with Crippen LogP contribution in [0.2, 0.25) is 10.0 Å². The minimum absolute atomic E-state index is 0.0260. The summed E-state index contributed by atoms with van der Waals surface area (Å²) in [6, 6.07) is 10.6. The number of non-ortho nitro benzene ring substituents is 1. The van der Waals surface area contributed by atoms with Crippen molar-refractivity contribution < 1.29 is 9.72 Å². The van der Waals surface area contributed by atoms with Crippen LogP contribution in [-0.2, 0) is 0 Å². The summed E-state index contributed by atoms with van der Waals surface area (Å²) < 4.78 is 0. The Morgan fingerprint density at radius 3 is 2.45 bits per heavy atom. The number of halogens is 2. The fourth-order valence-corrected chi connectivity index (χ4v) is 2.54. The van der Waals surface area contributed by atoms with Gasteiger partial charge >= 0.3 is 0 Å². The molecule has 0 aromatic heterocycles. The van der Waals surface area contributed by atoms with Crippen LogP contribution in [0.4, 0.5) is 5.69 Å². The molecule has 0 radical (unpaired) electrons. The molecule has 1 N–H and O–H groups in total. The number of amides is 1. The minimum atomic E-state index is -0.570. The normalized spacial score (nSPS) is 11.8. The van der Waals surface area contributed by atoms with Gasteiger partial charge in [0.25, 0.3) is 11.6 Å². The van der Waals surface area contributed by atoms with Gasteiger partial charge in [0.05, 0.1) is 21.6 Å². The van der Waals surface area contributed by atoms with Gasteiger partial charge in [-0.3, -0.25) is 14.9 Å². The molecule has 114 valence electrons. The number of nitro benzene ring substituents is 1. The Bertz CT molecular complexity index is 734. The molecule has 0 saturated heterocycles. The SMILES string of the molecule is CC(NC(=O)c1ccc([N+](=O)[O-])cc1Cl)c1ccccc1Cl. The molecule has 1 atom stereocenters. The van der Waals surface area contributed by atoms with Crippen LogP contribution in [0.5, 0.6) is 0 Å². The number of nitro groups is 1. The van der Waals surface area contributed by atoms with Gasteiger partial charge in [-0.05, 0) is 24.6 Å². The van der Waals surface area contributed by atoms with Crippen molar-refractivity contribution in [1.82, 2.24) is 5.32 Å². The number of rotatable bonds is 4. The van der Waals surface area contributed by atoms with E-state index in [-0.39, 0.29) is 22.3 Å². The van der Waals surface area contributed by atoms with Crippen LogP contribution in [0, 0.1) is 10.1 Å². The molecule has 5 nitrogen and oxygen atoms in total. The molecule has 0 spiro atoms. The van der Waals surface area contributed by atoms with E-state index in [1.807, 2.05) is 12.1 Å². The number of benzene rings is 2. The molecule has 2 aromatic rings. The molecule has 0 aliphatic heterocycles. The Kier molecular flexibility index (Phi) is 5.00. The zero-order valence-electron chi connectivity index (χ0n) is 11.5. The molecule has 22 heavy (non-hydrogen) atoms. The van der Waals surface area contributed by atoms with E-state index in [0.29, 0.717) is 5.02 Å². The van der Waals surface area contributed by atoms with Crippen molar-refractivity contribution in [3.63, 3.8) is 0 Å². The first-order chi connectivity index (χ1) is 10.4. The summed E-state index contributed by atoms with van der Waals surface area (Å²) in [5.74, 6) is -0.424. The smallest absolute Gasteiger partial charge is 0.270 e. The molecule has 0 aliphatic carbocycles. The van der Waals surface area contributed by atoms with Gasteiger partial charge < -0.3 is 5.32 Å². The van der Waals surface area contributed by atoms with Gasteiger partial charge in [0.1, 0.15) is 0 Å². The molecule has 1 unspecified atom stereocenters. The van der Waals surface area contributed by atoms with E-state index in [0.717, 1.165) is 11.6 Å². The summed E-state index contributed by atoms with van der Waals surface area (Å²) >= 11 is 12.0. The first-order valence-corrected chi connectivity index (χ1v) is 7.15. The fourth-order valence-electron chi connectivity index (χ4n) is 1.98. The molecule has 0 heterocycles. The van der Waals surface area contributed by atoms with Gasteiger partial charge in [0, 0.05) is 17.2 Å². The van der Waals surface area contributed by atoms with Crippen LogP contribution >= 0.6 is 23.2 Å². The summed E-state index contributed by atoms with van der Waals surface area (Å²) in [6.07, 6.45) is 0. The predicted molar refractivity (Wildman–Crippen MR) is 85.4 cm³/mol. The summed E-state index contributed by atoms with van der Waals surface area (Å²) in [7, 11) is 0. The third-order valence-electron chi connectivity index (χ3n) is 3.13. The van der Waals surface area contributed by atoms with E-state index in [9.17, 15) is 14.9 Å². The highest BCUT2D eigenvalue weighted by molar-refractivity contribution is 6.34. The van der Waals surface area contributed by atoms with Gasteiger partial charge in [0.15, 0.2) is 0 Å². The molecule has 0 fully saturated rings. The zero-order chi connectivity index (χ0) is 16.3. The highest BCUT2D eigenvalue weighted by Gasteiger charge is 2.18. The third kappa shape index (κ3) is 3.55. The monoisotopic (exact) mass is 338 g/mol. The Morgan fingerprint density at radius 2 is 1.86 bits per heavy atom. The maximum absolute atomic E-state index is 12.2. The van der Waals surface area contributed by atoms with Crippen molar-refractivity contribution in [3.8, 4) is 0 Å². The largest absolute Gasteiger partial charge is 0.345 e. The highest BCUT2D eigenvalue weighted by atomic mass is 35.5. The number of hydrogen-bond donors (Lipinski definition) is 1. The van der Waals surface area contributed by atoms with Crippen LogP contribution in [0.15, 0.2) is 42.5 Å². The second kappa shape index (κ2) is 6.77. The molecule has 0 aliphatic rings. The lowest BCUT2D eigenvalue weighted by molar-refractivity contribution is -0.384. The third-order valence-corrected chi connectivity index (χ3v) is 3.78. The average molecular weight is 339 g/mol. The molecule has 1 amide bonds. The molecule has 0 saturated carbocycles. The van der Waals surface area contributed by atoms with Crippen molar-refractivity contribution in [3.05, 3.63) is 73.8 Å². The lowest BCUT2D eigenvalue weighted by Crippen LogP contribution is -2.27. The molecule has 7 heteroatoms. The number of hydrogen-bond acceptors (Lipinski definition) is 3. The molecule has 2 aromatic carbocycles. The standard InChI is InChI=1S/C15H12Cl2N2O3/c1-9(11-4-2-3-5-13(11)16)18-15(20)12-7-6-10(19(21)22)8-14(12)17/h2-9H,1H3,(H,18,20). The topological polar surface area (TPSA) is 72.2 Å². The van der Waals surface area contributed by atoms with Gasteiger partial charge in [0.2, 0.25) is 0 Å². The number of carbonyl (C=O) groups is 1. The van der Waals surface area contributed by atoms with Crippen molar-refractivity contribution in [2.75, 3.05) is 0 Å². The van der Waals surface area contributed by atoms with Crippen LogP contribution < -0.4 is 5.32 Å². The summed E-state index contributed by atoms with van der Waals surface area (Å²) in [6.45, 7) is 1.79. The van der Waals surface area contributed by atoms with Gasteiger partial charge in [-0.1, -0.05) is 41.4 Å². The van der Waals surface area contributed by atoms with Gasteiger partial charge in [-0.25, -0.2) is 0 Å². The van der Waals surface area contributed by atoms with Crippen molar-refractivity contribution >= 4 is 34.8 Å². The summed E-state index contributed by atoms with van der Waals surface area (Å²) in [4.78, 5) is 22.3. The van der Waals surface area contributed by atoms with Gasteiger partial charge in [-0.15, -0.1) is 0 Å². The Hall–Kier alpha value is -2.11. The van der Waals surface area contributed by atoms with E-state index in [4.69, 9.17) is 23.2 Å². The van der Waals surface area contributed by atoms with E-state index < -0.39 is 10.8 Å². The first-order valence-electron chi connectivity index (χ1n) is 6.39. The zero-order valence-corrected chi connectivity index (χ0v) is 13.1. The maximum atomic E-state index is 12.2. The minimum Gasteiger partial charge on any atom is -0.345 e. The Balaban J connectivity index is 2.19. The predicted octanol–water partition coefficient (Wildman–Crippen LogP) is 4.39. The van der Waals surface area contributed by atoms with E-state index in [1.165, 1.54) is 12.1 Å². The quantitative estimate of drug-likeness (QED) is 0.663. The van der Waals surface area contributed by atoms with E-state index >= 15 is 0 Å². The summed E-state index contributed by atoms with van der Waals surface area (Å²) in [5, 5.41) is 14.0. The van der Waals surface area contributed by atoms with Crippen LogP contribution in [0.25, 0.3) is 0 Å².